The molecule has 0 fully saturated rings. The van der Waals surface area contributed by atoms with Gasteiger partial charge in [0.15, 0.2) is 0 Å². The van der Waals surface area contributed by atoms with Gasteiger partial charge in [0, 0.05) is 11.7 Å². The van der Waals surface area contributed by atoms with E-state index >= 15 is 0 Å². The zero-order chi connectivity index (χ0) is 10.1. The van der Waals surface area contributed by atoms with Crippen LogP contribution in [-0.4, -0.2) is 10.1 Å². The molecule has 0 bridgehead atoms. The number of benzene rings is 1. The van der Waals surface area contributed by atoms with E-state index in [1.54, 1.807) is 0 Å². The quantitative estimate of drug-likeness (QED) is 0.748. The van der Waals surface area contributed by atoms with Crippen LogP contribution in [0.2, 0.25) is 0 Å². The Morgan fingerprint density at radius 3 is 2.71 bits per heavy atom. The second-order valence-electron chi connectivity index (χ2n) is 4.01. The van der Waals surface area contributed by atoms with Crippen LogP contribution in [0.15, 0.2) is 30.5 Å². The number of aromatic amines is 1. The summed E-state index contributed by atoms with van der Waals surface area (Å²) in [6, 6.07) is 8.04. The van der Waals surface area contributed by atoms with Gasteiger partial charge < -0.3 is 10.1 Å². The summed E-state index contributed by atoms with van der Waals surface area (Å²) in [6.07, 6.45) is 1.55. The average molecular weight is 189 g/mol. The third kappa shape index (κ3) is 1.53. The SMILES string of the molecule is CC(C)C(O)c1ccc2[nH]ccc2c1. The maximum absolute atomic E-state index is 9.88. The number of H-pyrrole nitrogens is 1. The van der Waals surface area contributed by atoms with E-state index in [2.05, 4.69) is 4.98 Å². The summed E-state index contributed by atoms with van der Waals surface area (Å²) in [6.45, 7) is 4.04. The Balaban J connectivity index is 2.43. The van der Waals surface area contributed by atoms with Gasteiger partial charge >= 0.3 is 0 Å². The van der Waals surface area contributed by atoms with Crippen LogP contribution in [0.1, 0.15) is 25.5 Å². The molecule has 1 aromatic heterocycles. The normalized spacial score (nSPS) is 13.7. The standard InChI is InChI=1S/C12H15NO/c1-8(2)12(14)10-3-4-11-9(7-10)5-6-13-11/h3-8,12-14H,1-2H3. The molecular formula is C12H15NO. The lowest BCUT2D eigenvalue weighted by molar-refractivity contribution is 0.127. The molecule has 1 unspecified atom stereocenters. The Morgan fingerprint density at radius 1 is 1.21 bits per heavy atom. The average Bonchev–Trinajstić information content (AvgIpc) is 2.62. The van der Waals surface area contributed by atoms with Crippen LogP contribution < -0.4 is 0 Å². The summed E-state index contributed by atoms with van der Waals surface area (Å²) >= 11 is 0. The number of aliphatic hydroxyl groups is 1. The molecule has 2 rings (SSSR count). The van der Waals surface area contributed by atoms with Crippen LogP contribution in [0.5, 0.6) is 0 Å². The minimum atomic E-state index is -0.366. The molecular weight excluding hydrogens is 174 g/mol. The number of rotatable bonds is 2. The Bertz CT molecular complexity index is 431. The third-order valence-corrected chi connectivity index (χ3v) is 2.55. The fourth-order valence-electron chi connectivity index (χ4n) is 1.64. The molecule has 2 nitrogen and oxygen atoms in total. The summed E-state index contributed by atoms with van der Waals surface area (Å²) in [5.41, 5.74) is 2.11. The molecule has 0 aliphatic carbocycles. The van der Waals surface area contributed by atoms with Crippen LogP contribution >= 0.6 is 0 Å². The topological polar surface area (TPSA) is 36.0 Å². The maximum Gasteiger partial charge on any atom is 0.0813 e. The van der Waals surface area contributed by atoms with E-state index in [0.29, 0.717) is 0 Å². The van der Waals surface area contributed by atoms with Crippen LogP contribution in [0.3, 0.4) is 0 Å². The van der Waals surface area contributed by atoms with E-state index in [4.69, 9.17) is 0 Å². The molecule has 1 heterocycles. The second-order valence-corrected chi connectivity index (χ2v) is 4.01. The lowest BCUT2D eigenvalue weighted by atomic mass is 9.98. The minimum Gasteiger partial charge on any atom is -0.388 e. The first-order valence-corrected chi connectivity index (χ1v) is 4.93. The Kier molecular flexibility index (Phi) is 2.30. The van der Waals surface area contributed by atoms with Gasteiger partial charge in [-0.2, -0.15) is 0 Å². The van der Waals surface area contributed by atoms with Crippen molar-refractivity contribution in [2.24, 2.45) is 5.92 Å². The van der Waals surface area contributed by atoms with E-state index in [1.807, 2.05) is 44.3 Å². The number of nitrogens with one attached hydrogen (secondary N) is 1. The molecule has 0 saturated carbocycles. The summed E-state index contributed by atoms with van der Waals surface area (Å²) in [4.78, 5) is 3.13. The fourth-order valence-corrected chi connectivity index (χ4v) is 1.64. The molecule has 2 aromatic rings. The predicted octanol–water partition coefficient (Wildman–Crippen LogP) is 2.86. The summed E-state index contributed by atoms with van der Waals surface area (Å²) in [5.74, 6) is 0.256. The largest absolute Gasteiger partial charge is 0.388 e. The van der Waals surface area contributed by atoms with Gasteiger partial charge in [0.1, 0.15) is 0 Å². The first-order valence-electron chi connectivity index (χ1n) is 4.93. The molecule has 14 heavy (non-hydrogen) atoms. The van der Waals surface area contributed by atoms with E-state index in [1.165, 1.54) is 0 Å². The van der Waals surface area contributed by atoms with Crippen molar-refractivity contribution in [3.8, 4) is 0 Å². The van der Waals surface area contributed by atoms with Crippen molar-refractivity contribution in [1.29, 1.82) is 0 Å². The summed E-state index contributed by atoms with van der Waals surface area (Å²) in [7, 11) is 0. The monoisotopic (exact) mass is 189 g/mol. The summed E-state index contributed by atoms with van der Waals surface area (Å²) < 4.78 is 0. The van der Waals surface area contributed by atoms with Crippen molar-refractivity contribution in [2.75, 3.05) is 0 Å². The number of hydrogen-bond acceptors (Lipinski definition) is 1. The van der Waals surface area contributed by atoms with E-state index in [0.717, 1.165) is 16.5 Å². The van der Waals surface area contributed by atoms with Crippen LogP contribution in [0.4, 0.5) is 0 Å². The number of aromatic nitrogens is 1. The fraction of sp³-hybridized carbons (Fsp3) is 0.333. The molecule has 0 saturated heterocycles. The highest BCUT2D eigenvalue weighted by Gasteiger charge is 2.11. The van der Waals surface area contributed by atoms with Crippen LogP contribution in [0, 0.1) is 5.92 Å². The molecule has 1 atom stereocenters. The maximum atomic E-state index is 9.88. The lowest BCUT2D eigenvalue weighted by Crippen LogP contribution is -2.04. The molecule has 0 radical (unpaired) electrons. The van der Waals surface area contributed by atoms with Crippen molar-refractivity contribution < 1.29 is 5.11 Å². The zero-order valence-corrected chi connectivity index (χ0v) is 8.49. The molecule has 0 spiro atoms. The Morgan fingerprint density at radius 2 is 2.00 bits per heavy atom. The first-order chi connectivity index (χ1) is 6.68. The van der Waals surface area contributed by atoms with Crippen molar-refractivity contribution in [2.45, 2.75) is 20.0 Å². The van der Waals surface area contributed by atoms with Gasteiger partial charge in [-0.25, -0.2) is 0 Å². The van der Waals surface area contributed by atoms with E-state index in [-0.39, 0.29) is 12.0 Å². The Hall–Kier alpha value is -1.28. The molecule has 2 heteroatoms. The first kappa shape index (κ1) is 9.28. The number of fused-ring (bicyclic) bond motifs is 1. The van der Waals surface area contributed by atoms with Gasteiger partial charge in [-0.15, -0.1) is 0 Å². The zero-order valence-electron chi connectivity index (χ0n) is 8.49. The van der Waals surface area contributed by atoms with Gasteiger partial charge in [-0.05, 0) is 35.1 Å². The van der Waals surface area contributed by atoms with Gasteiger partial charge in [0.05, 0.1) is 6.10 Å². The molecule has 0 aliphatic rings. The van der Waals surface area contributed by atoms with Crippen LogP contribution in [-0.2, 0) is 0 Å². The van der Waals surface area contributed by atoms with Gasteiger partial charge in [0.25, 0.3) is 0 Å². The van der Waals surface area contributed by atoms with Crippen molar-refractivity contribution in [3.63, 3.8) is 0 Å². The highest BCUT2D eigenvalue weighted by atomic mass is 16.3. The van der Waals surface area contributed by atoms with Crippen molar-refractivity contribution >= 4 is 10.9 Å². The molecule has 0 aliphatic heterocycles. The van der Waals surface area contributed by atoms with E-state index < -0.39 is 0 Å². The lowest BCUT2D eigenvalue weighted by Gasteiger charge is -2.14. The Labute approximate surface area is 83.6 Å². The van der Waals surface area contributed by atoms with Gasteiger partial charge in [-0.1, -0.05) is 19.9 Å². The van der Waals surface area contributed by atoms with Gasteiger partial charge in [0.2, 0.25) is 0 Å². The number of hydrogen-bond donors (Lipinski definition) is 2. The molecule has 1 aromatic carbocycles. The number of aliphatic hydroxyl groups excluding tert-OH is 1. The molecule has 2 N–H and O–H groups in total. The van der Waals surface area contributed by atoms with Crippen LogP contribution in [0.25, 0.3) is 10.9 Å². The highest BCUT2D eigenvalue weighted by Crippen LogP contribution is 2.24. The van der Waals surface area contributed by atoms with Crippen molar-refractivity contribution in [1.82, 2.24) is 4.98 Å². The smallest absolute Gasteiger partial charge is 0.0813 e. The van der Waals surface area contributed by atoms with Crippen molar-refractivity contribution in [3.05, 3.63) is 36.0 Å². The summed E-state index contributed by atoms with van der Waals surface area (Å²) in [5, 5.41) is 11.0. The second kappa shape index (κ2) is 3.46. The molecule has 0 amide bonds. The van der Waals surface area contributed by atoms with Gasteiger partial charge in [-0.3, -0.25) is 0 Å². The highest BCUT2D eigenvalue weighted by molar-refractivity contribution is 5.79. The van der Waals surface area contributed by atoms with E-state index in [9.17, 15) is 5.11 Å². The predicted molar refractivity (Wildman–Crippen MR) is 58.1 cm³/mol. The third-order valence-electron chi connectivity index (χ3n) is 2.55. The minimum absolute atomic E-state index is 0.256. The molecule has 74 valence electrons.